The van der Waals surface area contributed by atoms with Crippen LogP contribution in [0, 0.1) is 0 Å². The van der Waals surface area contributed by atoms with Crippen molar-refractivity contribution in [3.8, 4) is 0 Å². The summed E-state index contributed by atoms with van der Waals surface area (Å²) >= 11 is 0. The Morgan fingerprint density at radius 1 is 0.862 bits per heavy atom. The number of nitrogen functional groups attached to an aromatic ring is 1. The van der Waals surface area contributed by atoms with Gasteiger partial charge in [-0.15, -0.1) is 0 Å². The van der Waals surface area contributed by atoms with Crippen LogP contribution in [-0.4, -0.2) is 21.8 Å². The molecule has 0 saturated heterocycles. The highest BCUT2D eigenvalue weighted by Gasteiger charge is 2.33. The van der Waals surface area contributed by atoms with Gasteiger partial charge in [0.2, 0.25) is 5.95 Å². The molecule has 3 rings (SSSR count). The number of rotatable bonds is 4. The van der Waals surface area contributed by atoms with E-state index >= 15 is 0 Å². The Morgan fingerprint density at radius 2 is 1.48 bits per heavy atom. The highest BCUT2D eigenvalue weighted by Crippen LogP contribution is 2.29. The molecule has 4 N–H and O–H groups in total. The van der Waals surface area contributed by atoms with Crippen LogP contribution in [-0.2, 0) is 6.18 Å². The van der Waals surface area contributed by atoms with Gasteiger partial charge in [0.1, 0.15) is 5.82 Å². The summed E-state index contributed by atoms with van der Waals surface area (Å²) in [5, 5.41) is 4.50. The van der Waals surface area contributed by atoms with Crippen molar-refractivity contribution in [1.82, 2.24) is 9.97 Å². The van der Waals surface area contributed by atoms with E-state index in [0.717, 1.165) is 0 Å². The Balaban J connectivity index is 1.67. The first-order chi connectivity index (χ1) is 13.7. The molecule has 0 fully saturated rings. The predicted octanol–water partition coefficient (Wildman–Crippen LogP) is 3.95. The van der Waals surface area contributed by atoms with Crippen LogP contribution in [0.3, 0.4) is 0 Å². The van der Waals surface area contributed by atoms with E-state index in [1.807, 2.05) is 0 Å². The zero-order valence-electron chi connectivity index (χ0n) is 14.7. The number of carbonyl (C=O) groups excluding carboxylic acids is 2. The number of nitrogens with zero attached hydrogens (tertiary/aromatic N) is 2. The van der Waals surface area contributed by atoms with Crippen LogP contribution in [0.5, 0.6) is 0 Å². The number of aromatic nitrogens is 2. The van der Waals surface area contributed by atoms with Crippen LogP contribution in [0.1, 0.15) is 21.6 Å². The van der Waals surface area contributed by atoms with E-state index in [4.69, 9.17) is 5.73 Å². The Kier molecular flexibility index (Phi) is 5.44. The first-order valence-corrected chi connectivity index (χ1v) is 8.22. The van der Waals surface area contributed by atoms with E-state index in [9.17, 15) is 22.8 Å². The number of ketones is 1. The summed E-state index contributed by atoms with van der Waals surface area (Å²) < 4.78 is 38.3. The summed E-state index contributed by atoms with van der Waals surface area (Å²) in [6, 6.07) is 14.3. The molecule has 2 aromatic carbocycles. The fourth-order valence-electron chi connectivity index (χ4n) is 2.39. The lowest BCUT2D eigenvalue weighted by Gasteiger charge is -2.10. The third kappa shape index (κ3) is 5.06. The molecule has 0 saturated carbocycles. The highest BCUT2D eigenvalue weighted by atomic mass is 19.4. The van der Waals surface area contributed by atoms with Gasteiger partial charge in [-0.05, 0) is 24.3 Å². The van der Waals surface area contributed by atoms with Gasteiger partial charge in [0.05, 0.1) is 0 Å². The van der Waals surface area contributed by atoms with Gasteiger partial charge in [0, 0.05) is 22.9 Å². The van der Waals surface area contributed by atoms with Crippen molar-refractivity contribution in [1.29, 1.82) is 0 Å². The Bertz CT molecular complexity index is 1040. The molecule has 10 heteroatoms. The minimum Gasteiger partial charge on any atom is -0.384 e. The topological polar surface area (TPSA) is 110 Å². The van der Waals surface area contributed by atoms with E-state index in [-0.39, 0.29) is 5.78 Å². The molecule has 148 valence electrons. The van der Waals surface area contributed by atoms with Gasteiger partial charge in [-0.3, -0.25) is 10.1 Å². The fraction of sp³-hybridized carbons (Fsp3) is 0.0526. The number of alkyl halides is 3. The molecule has 0 unspecified atom stereocenters. The zero-order chi connectivity index (χ0) is 21.0. The Labute approximate surface area is 162 Å². The van der Waals surface area contributed by atoms with E-state index in [0.29, 0.717) is 22.9 Å². The summed E-state index contributed by atoms with van der Waals surface area (Å²) in [7, 11) is 0. The molecule has 0 aliphatic carbocycles. The maximum atomic E-state index is 12.8. The minimum atomic E-state index is -4.73. The monoisotopic (exact) mass is 401 g/mol. The van der Waals surface area contributed by atoms with Crippen LogP contribution < -0.4 is 16.4 Å². The average molecular weight is 401 g/mol. The fourth-order valence-corrected chi connectivity index (χ4v) is 2.39. The van der Waals surface area contributed by atoms with Crippen LogP contribution >= 0.6 is 0 Å². The molecule has 0 spiro atoms. The second kappa shape index (κ2) is 7.97. The van der Waals surface area contributed by atoms with Gasteiger partial charge in [-0.25, -0.2) is 9.78 Å². The smallest absolute Gasteiger partial charge is 0.384 e. The van der Waals surface area contributed by atoms with Gasteiger partial charge >= 0.3 is 12.2 Å². The standard InChI is InChI=1S/C19H14F3N5O2/c20-19(21,22)14-10-15(23)26-17(25-14)27-18(29)24-13-8-6-12(7-9-13)16(28)11-4-2-1-3-5-11/h1-10H,(H4,23,24,25,26,27,29). The number of hydrogen-bond acceptors (Lipinski definition) is 5. The first-order valence-electron chi connectivity index (χ1n) is 8.22. The maximum absolute atomic E-state index is 12.8. The van der Waals surface area contributed by atoms with E-state index in [1.165, 1.54) is 24.3 Å². The molecule has 0 radical (unpaired) electrons. The lowest BCUT2D eigenvalue weighted by atomic mass is 10.0. The number of nitrogens with two attached hydrogens (primary N) is 1. The third-order valence-corrected chi connectivity index (χ3v) is 3.70. The molecular weight excluding hydrogens is 387 g/mol. The van der Waals surface area contributed by atoms with Crippen molar-refractivity contribution >= 4 is 29.3 Å². The third-order valence-electron chi connectivity index (χ3n) is 3.70. The van der Waals surface area contributed by atoms with E-state index in [1.54, 1.807) is 30.3 Å². The Morgan fingerprint density at radius 3 is 2.10 bits per heavy atom. The highest BCUT2D eigenvalue weighted by molar-refractivity contribution is 6.09. The summed E-state index contributed by atoms with van der Waals surface area (Å²) in [6.07, 6.45) is -4.73. The summed E-state index contributed by atoms with van der Waals surface area (Å²) in [4.78, 5) is 31.1. The lowest BCUT2D eigenvalue weighted by molar-refractivity contribution is -0.141. The number of hydrogen-bond donors (Lipinski definition) is 3. The molecule has 1 heterocycles. The average Bonchev–Trinajstić information content (AvgIpc) is 2.67. The molecule has 1 aromatic heterocycles. The first kappa shape index (κ1) is 19.8. The molecule has 0 bridgehead atoms. The number of carbonyl (C=O) groups is 2. The van der Waals surface area contributed by atoms with Crippen LogP contribution in [0.25, 0.3) is 0 Å². The van der Waals surface area contributed by atoms with Crippen molar-refractivity contribution in [2.24, 2.45) is 0 Å². The lowest BCUT2D eigenvalue weighted by Crippen LogP contribution is -2.22. The zero-order valence-corrected chi connectivity index (χ0v) is 14.7. The summed E-state index contributed by atoms with van der Waals surface area (Å²) in [5.41, 5.74) is 5.29. The van der Waals surface area contributed by atoms with Gasteiger partial charge in [0.25, 0.3) is 0 Å². The van der Waals surface area contributed by atoms with Gasteiger partial charge < -0.3 is 11.1 Å². The molecule has 7 nitrogen and oxygen atoms in total. The van der Waals surface area contributed by atoms with E-state index in [2.05, 4.69) is 20.6 Å². The SMILES string of the molecule is Nc1cc(C(F)(F)F)nc(NC(=O)Nc2ccc(C(=O)c3ccccc3)cc2)n1. The molecule has 0 aliphatic heterocycles. The summed E-state index contributed by atoms with van der Waals surface area (Å²) in [6.45, 7) is 0. The molecule has 0 atom stereocenters. The van der Waals surface area contributed by atoms with Gasteiger partial charge in [0.15, 0.2) is 11.5 Å². The number of amides is 2. The van der Waals surface area contributed by atoms with Crippen LogP contribution in [0.15, 0.2) is 60.7 Å². The Hall–Kier alpha value is -3.95. The number of benzene rings is 2. The number of nitrogens with one attached hydrogen (secondary N) is 2. The van der Waals surface area contributed by atoms with Crippen molar-refractivity contribution in [2.75, 3.05) is 16.4 Å². The second-order valence-corrected chi connectivity index (χ2v) is 5.85. The number of halogens is 3. The molecule has 0 aliphatic rings. The molecule has 29 heavy (non-hydrogen) atoms. The molecule has 2 amide bonds. The molecule has 3 aromatic rings. The molecular formula is C19H14F3N5O2. The van der Waals surface area contributed by atoms with Crippen molar-refractivity contribution in [3.63, 3.8) is 0 Å². The number of anilines is 3. The second-order valence-electron chi connectivity index (χ2n) is 5.85. The number of urea groups is 1. The van der Waals surface area contributed by atoms with Crippen molar-refractivity contribution in [3.05, 3.63) is 77.5 Å². The van der Waals surface area contributed by atoms with Gasteiger partial charge in [-0.1, -0.05) is 30.3 Å². The quantitative estimate of drug-likeness (QED) is 0.574. The van der Waals surface area contributed by atoms with Crippen LogP contribution in [0.2, 0.25) is 0 Å². The predicted molar refractivity (Wildman–Crippen MR) is 100 cm³/mol. The minimum absolute atomic E-state index is 0.186. The largest absolute Gasteiger partial charge is 0.433 e. The van der Waals surface area contributed by atoms with Gasteiger partial charge in [-0.2, -0.15) is 18.2 Å². The van der Waals surface area contributed by atoms with Crippen molar-refractivity contribution < 1.29 is 22.8 Å². The summed E-state index contributed by atoms with van der Waals surface area (Å²) in [5.74, 6) is -1.22. The maximum Gasteiger partial charge on any atom is 0.433 e. The normalized spacial score (nSPS) is 11.0. The van der Waals surface area contributed by atoms with Crippen LogP contribution in [0.4, 0.5) is 35.4 Å². The van der Waals surface area contributed by atoms with E-state index < -0.39 is 29.7 Å². The van der Waals surface area contributed by atoms with Crippen molar-refractivity contribution in [2.45, 2.75) is 6.18 Å².